The number of esters is 1. The zero-order chi connectivity index (χ0) is 26.6. The van der Waals surface area contributed by atoms with Crippen LogP contribution in [-0.4, -0.2) is 52.3 Å². The van der Waals surface area contributed by atoms with E-state index in [-0.39, 0.29) is 53.0 Å². The first kappa shape index (κ1) is 26.3. The molecule has 2 aromatic carbocycles. The molecule has 192 valence electrons. The Balaban J connectivity index is 2.13. The van der Waals surface area contributed by atoms with Crippen LogP contribution in [0.15, 0.2) is 41.2 Å². The summed E-state index contributed by atoms with van der Waals surface area (Å²) in [7, 11) is 3.92. The molecule has 0 radical (unpaired) electrons. The number of phenolic OH excluding ortho intramolecular Hbond substituents is 3. The minimum absolute atomic E-state index is 0.0330. The number of aryl methyl sites for hydroxylation is 2. The normalized spacial score (nSPS) is 11.7. The average Bonchev–Trinajstić information content (AvgIpc) is 2.85. The fraction of sp³-hybridized carbons (Fsp3) is 0.308. The van der Waals surface area contributed by atoms with Gasteiger partial charge < -0.3 is 39.2 Å². The van der Waals surface area contributed by atoms with Gasteiger partial charge in [0.05, 0.1) is 33.3 Å². The second kappa shape index (κ2) is 10.9. The third kappa shape index (κ3) is 5.32. The highest BCUT2D eigenvalue weighted by molar-refractivity contribution is 5.72. The Labute approximate surface area is 207 Å². The van der Waals surface area contributed by atoms with Crippen molar-refractivity contribution in [3.63, 3.8) is 0 Å². The summed E-state index contributed by atoms with van der Waals surface area (Å²) in [6.45, 7) is 1.87. The molecule has 3 rings (SSSR count). The molecular formula is C26H29NO9. The number of hydrogen-bond acceptors (Lipinski definition) is 9. The van der Waals surface area contributed by atoms with E-state index < -0.39 is 17.4 Å². The van der Waals surface area contributed by atoms with E-state index in [0.717, 1.165) is 0 Å². The quantitative estimate of drug-likeness (QED) is 0.258. The third-order valence-electron chi connectivity index (χ3n) is 6.04. The molecule has 0 bridgehead atoms. The highest BCUT2D eigenvalue weighted by Gasteiger charge is 2.28. The number of methoxy groups -OCH3 is 3. The Morgan fingerprint density at radius 3 is 2.11 bits per heavy atom. The van der Waals surface area contributed by atoms with E-state index in [1.165, 1.54) is 56.2 Å². The van der Waals surface area contributed by atoms with Crippen LogP contribution < -0.4 is 15.0 Å². The van der Waals surface area contributed by atoms with Gasteiger partial charge in [-0.25, -0.2) is 0 Å². The molecule has 0 aliphatic carbocycles. The van der Waals surface area contributed by atoms with Crippen LogP contribution in [0.5, 0.6) is 34.5 Å². The molecule has 0 amide bonds. The second-order valence-electron chi connectivity index (χ2n) is 8.22. The summed E-state index contributed by atoms with van der Waals surface area (Å²) >= 11 is 0. The molecule has 1 unspecified atom stereocenters. The summed E-state index contributed by atoms with van der Waals surface area (Å²) in [5, 5.41) is 40.4. The standard InChI is InChI=1S/C26H29NO9/c1-14-9-20(30)24(26(33)27(14)8-7-15-5-6-18(28)19(29)10-15)17(13-23(31)36-4)16-11-21(34-2)25(32)22(12-16)35-3/h5-6,9-12,17,28-30,32H,7-8,13H2,1-4H3. The van der Waals surface area contributed by atoms with Gasteiger partial charge in [-0.2, -0.15) is 0 Å². The molecule has 3 aromatic rings. The molecule has 0 saturated carbocycles. The maximum absolute atomic E-state index is 13.7. The van der Waals surface area contributed by atoms with E-state index in [2.05, 4.69) is 0 Å². The number of ether oxygens (including phenoxy) is 3. The van der Waals surface area contributed by atoms with E-state index in [0.29, 0.717) is 23.2 Å². The summed E-state index contributed by atoms with van der Waals surface area (Å²) in [6.07, 6.45) is 0.0760. The molecule has 1 aromatic heterocycles. The van der Waals surface area contributed by atoms with Crippen LogP contribution in [0.2, 0.25) is 0 Å². The van der Waals surface area contributed by atoms with Crippen molar-refractivity contribution >= 4 is 5.97 Å². The number of nitrogens with zero attached hydrogens (tertiary/aromatic N) is 1. The third-order valence-corrected chi connectivity index (χ3v) is 6.04. The number of phenols is 3. The highest BCUT2D eigenvalue weighted by Crippen LogP contribution is 2.42. The Hall–Kier alpha value is -4.34. The average molecular weight is 500 g/mol. The Morgan fingerprint density at radius 1 is 0.917 bits per heavy atom. The Bertz CT molecular complexity index is 1300. The van der Waals surface area contributed by atoms with Gasteiger partial charge in [0.1, 0.15) is 5.75 Å². The Kier molecular flexibility index (Phi) is 7.98. The van der Waals surface area contributed by atoms with E-state index in [1.807, 2.05) is 0 Å². The van der Waals surface area contributed by atoms with Gasteiger partial charge in [0.2, 0.25) is 5.75 Å². The van der Waals surface area contributed by atoms with Crippen molar-refractivity contribution in [2.75, 3.05) is 21.3 Å². The van der Waals surface area contributed by atoms with Crippen molar-refractivity contribution in [1.29, 1.82) is 0 Å². The molecule has 0 saturated heterocycles. The molecule has 4 N–H and O–H groups in total. The molecule has 0 fully saturated rings. The van der Waals surface area contributed by atoms with Crippen LogP contribution in [0, 0.1) is 6.92 Å². The number of benzene rings is 2. The van der Waals surface area contributed by atoms with Crippen LogP contribution in [0.25, 0.3) is 0 Å². The fourth-order valence-electron chi connectivity index (χ4n) is 4.09. The molecule has 0 aliphatic rings. The van der Waals surface area contributed by atoms with E-state index >= 15 is 0 Å². The number of aromatic nitrogens is 1. The summed E-state index contributed by atoms with van der Waals surface area (Å²) in [6, 6.07) is 8.77. The first-order chi connectivity index (χ1) is 17.1. The molecular weight excluding hydrogens is 470 g/mol. The van der Waals surface area contributed by atoms with Crippen molar-refractivity contribution in [1.82, 2.24) is 4.57 Å². The SMILES string of the molecule is COC(=O)CC(c1cc(OC)c(O)c(OC)c1)c1c(O)cc(C)n(CCc2ccc(O)c(O)c2)c1=O. The first-order valence-corrected chi connectivity index (χ1v) is 11.1. The first-order valence-electron chi connectivity index (χ1n) is 11.1. The van der Waals surface area contributed by atoms with Crippen LogP contribution in [0.4, 0.5) is 0 Å². The zero-order valence-corrected chi connectivity index (χ0v) is 20.4. The number of carbonyl (C=O) groups excluding carboxylic acids is 1. The van der Waals surface area contributed by atoms with E-state index in [9.17, 15) is 30.0 Å². The van der Waals surface area contributed by atoms with E-state index in [1.54, 1.807) is 13.0 Å². The zero-order valence-electron chi connectivity index (χ0n) is 20.4. The van der Waals surface area contributed by atoms with Crippen LogP contribution in [0.1, 0.15) is 34.7 Å². The van der Waals surface area contributed by atoms with Crippen LogP contribution in [-0.2, 0) is 22.5 Å². The van der Waals surface area contributed by atoms with Gasteiger partial charge in [-0.15, -0.1) is 0 Å². The number of aromatic hydroxyl groups is 4. The van der Waals surface area contributed by atoms with E-state index in [4.69, 9.17) is 14.2 Å². The molecule has 0 spiro atoms. The minimum Gasteiger partial charge on any atom is -0.507 e. The predicted molar refractivity (Wildman–Crippen MR) is 130 cm³/mol. The lowest BCUT2D eigenvalue weighted by Gasteiger charge is -2.22. The monoisotopic (exact) mass is 499 g/mol. The van der Waals surface area contributed by atoms with Crippen molar-refractivity contribution in [2.24, 2.45) is 0 Å². The molecule has 36 heavy (non-hydrogen) atoms. The number of hydrogen-bond donors (Lipinski definition) is 4. The maximum atomic E-state index is 13.7. The van der Waals surface area contributed by atoms with Gasteiger partial charge in [-0.05, 0) is 54.8 Å². The van der Waals surface area contributed by atoms with Crippen molar-refractivity contribution in [3.8, 4) is 34.5 Å². The lowest BCUT2D eigenvalue weighted by atomic mass is 9.87. The number of rotatable bonds is 9. The molecule has 10 heteroatoms. The lowest BCUT2D eigenvalue weighted by Crippen LogP contribution is -2.29. The Morgan fingerprint density at radius 2 is 1.56 bits per heavy atom. The number of carbonyl (C=O) groups is 1. The summed E-state index contributed by atoms with van der Waals surface area (Å²) in [5.74, 6) is -2.48. The van der Waals surface area contributed by atoms with Gasteiger partial charge in [-0.1, -0.05) is 6.07 Å². The summed E-state index contributed by atoms with van der Waals surface area (Å²) in [4.78, 5) is 26.0. The highest BCUT2D eigenvalue weighted by atomic mass is 16.5. The van der Waals surface area contributed by atoms with Crippen molar-refractivity contribution in [2.45, 2.75) is 32.2 Å². The van der Waals surface area contributed by atoms with Gasteiger partial charge in [0.15, 0.2) is 23.0 Å². The molecule has 1 heterocycles. The second-order valence-corrected chi connectivity index (χ2v) is 8.22. The topological polar surface area (TPSA) is 148 Å². The number of pyridine rings is 1. The van der Waals surface area contributed by atoms with Gasteiger partial charge in [-0.3, -0.25) is 9.59 Å². The summed E-state index contributed by atoms with van der Waals surface area (Å²) in [5.41, 5.74) is 1.01. The lowest BCUT2D eigenvalue weighted by molar-refractivity contribution is -0.140. The molecule has 0 aliphatic heterocycles. The molecule has 1 atom stereocenters. The van der Waals surface area contributed by atoms with Gasteiger partial charge >= 0.3 is 5.97 Å². The van der Waals surface area contributed by atoms with Gasteiger partial charge in [0.25, 0.3) is 5.56 Å². The van der Waals surface area contributed by atoms with Crippen LogP contribution >= 0.6 is 0 Å². The van der Waals surface area contributed by atoms with Crippen molar-refractivity contribution in [3.05, 3.63) is 69.1 Å². The minimum atomic E-state index is -0.946. The fourth-order valence-corrected chi connectivity index (χ4v) is 4.09. The van der Waals surface area contributed by atoms with Gasteiger partial charge in [0, 0.05) is 18.2 Å². The maximum Gasteiger partial charge on any atom is 0.306 e. The molecule has 10 nitrogen and oxygen atoms in total. The van der Waals surface area contributed by atoms with Crippen molar-refractivity contribution < 1.29 is 39.4 Å². The predicted octanol–water partition coefficient (Wildman–Crippen LogP) is 2.93. The smallest absolute Gasteiger partial charge is 0.306 e. The largest absolute Gasteiger partial charge is 0.507 e. The van der Waals surface area contributed by atoms with Crippen LogP contribution in [0.3, 0.4) is 0 Å². The summed E-state index contributed by atoms with van der Waals surface area (Å²) < 4.78 is 16.7.